The fourth-order valence-electron chi connectivity index (χ4n) is 2.83. The van der Waals surface area contributed by atoms with Crippen LogP contribution in [0.25, 0.3) is 0 Å². The Labute approximate surface area is 172 Å². The SMILES string of the molecule is CC(F)Oc1cnc(Oc2cnc(Nc3ccc([C@@H]4CNCCO4)cc3)nc2)nc1. The molecule has 9 nitrogen and oxygen atoms in total. The van der Waals surface area contributed by atoms with E-state index in [1.807, 2.05) is 24.3 Å². The van der Waals surface area contributed by atoms with Gasteiger partial charge in [0.2, 0.25) is 12.3 Å². The standard InChI is InChI=1S/C20H21FN6O3/c1-13(21)29-16-10-25-20(26-11-16)30-17-8-23-19(24-9-17)27-15-4-2-14(3-5-15)18-12-22-6-7-28-18/h2-5,8-11,13,18,22H,6-7,12H2,1H3,(H,23,24,27)/t13?,18-/m0/s1. The van der Waals surface area contributed by atoms with Gasteiger partial charge in [-0.1, -0.05) is 12.1 Å². The van der Waals surface area contributed by atoms with Crippen LogP contribution in [0.2, 0.25) is 0 Å². The quantitative estimate of drug-likeness (QED) is 0.606. The monoisotopic (exact) mass is 412 g/mol. The van der Waals surface area contributed by atoms with Gasteiger partial charge in [0.15, 0.2) is 11.5 Å². The number of benzene rings is 1. The number of aromatic nitrogens is 4. The van der Waals surface area contributed by atoms with Gasteiger partial charge in [0, 0.05) is 25.7 Å². The molecule has 0 aliphatic carbocycles. The molecule has 1 aliphatic heterocycles. The lowest BCUT2D eigenvalue weighted by molar-refractivity contribution is 0.0277. The van der Waals surface area contributed by atoms with E-state index in [-0.39, 0.29) is 17.9 Å². The van der Waals surface area contributed by atoms with Crippen molar-refractivity contribution in [3.05, 3.63) is 54.6 Å². The van der Waals surface area contributed by atoms with Crippen molar-refractivity contribution in [2.24, 2.45) is 0 Å². The van der Waals surface area contributed by atoms with Gasteiger partial charge in [-0.05, 0) is 17.7 Å². The zero-order valence-corrected chi connectivity index (χ0v) is 16.3. The molecule has 2 aromatic heterocycles. The smallest absolute Gasteiger partial charge is 0.322 e. The molecule has 1 saturated heterocycles. The Morgan fingerprint density at radius 2 is 1.77 bits per heavy atom. The van der Waals surface area contributed by atoms with E-state index in [1.54, 1.807) is 0 Å². The highest BCUT2D eigenvalue weighted by Crippen LogP contribution is 2.23. The second-order valence-electron chi connectivity index (χ2n) is 6.52. The van der Waals surface area contributed by atoms with Crippen LogP contribution >= 0.6 is 0 Å². The summed E-state index contributed by atoms with van der Waals surface area (Å²) in [6.07, 6.45) is 4.29. The van der Waals surface area contributed by atoms with E-state index in [9.17, 15) is 4.39 Å². The molecule has 0 bridgehead atoms. The molecule has 3 aromatic rings. The average molecular weight is 412 g/mol. The fourth-order valence-corrected chi connectivity index (χ4v) is 2.83. The minimum Gasteiger partial charge on any atom is -0.457 e. The number of rotatable bonds is 7. The largest absolute Gasteiger partial charge is 0.457 e. The Balaban J connectivity index is 1.33. The van der Waals surface area contributed by atoms with Crippen LogP contribution < -0.4 is 20.1 Å². The molecule has 0 amide bonds. The average Bonchev–Trinajstić information content (AvgIpc) is 2.77. The fraction of sp³-hybridized carbons (Fsp3) is 0.300. The third kappa shape index (κ3) is 5.37. The molecule has 3 heterocycles. The zero-order valence-electron chi connectivity index (χ0n) is 16.3. The minimum absolute atomic E-state index is 0.0729. The van der Waals surface area contributed by atoms with E-state index in [4.69, 9.17) is 14.2 Å². The van der Waals surface area contributed by atoms with E-state index in [2.05, 4.69) is 30.6 Å². The lowest BCUT2D eigenvalue weighted by Gasteiger charge is -2.24. The molecule has 1 aromatic carbocycles. The predicted molar refractivity (Wildman–Crippen MR) is 107 cm³/mol. The second-order valence-corrected chi connectivity index (χ2v) is 6.52. The maximum absolute atomic E-state index is 12.8. The van der Waals surface area contributed by atoms with Gasteiger partial charge in [0.1, 0.15) is 0 Å². The predicted octanol–water partition coefficient (Wildman–Crippen LogP) is 3.16. The summed E-state index contributed by atoms with van der Waals surface area (Å²) in [5, 5.41) is 6.45. The summed E-state index contributed by atoms with van der Waals surface area (Å²) in [6, 6.07) is 8.03. The molecule has 0 spiro atoms. The number of alkyl halides is 1. The van der Waals surface area contributed by atoms with Gasteiger partial charge in [-0.25, -0.2) is 14.4 Å². The molecule has 0 radical (unpaired) electrons. The number of nitrogens with zero attached hydrogens (tertiary/aromatic N) is 4. The Bertz CT molecular complexity index is 932. The highest BCUT2D eigenvalue weighted by atomic mass is 19.1. The van der Waals surface area contributed by atoms with E-state index in [0.29, 0.717) is 18.3 Å². The van der Waals surface area contributed by atoms with Crippen LogP contribution in [-0.4, -0.2) is 46.0 Å². The van der Waals surface area contributed by atoms with Crippen LogP contribution in [0.4, 0.5) is 16.0 Å². The lowest BCUT2D eigenvalue weighted by atomic mass is 10.1. The van der Waals surface area contributed by atoms with Gasteiger partial charge in [-0.3, -0.25) is 0 Å². The molecule has 30 heavy (non-hydrogen) atoms. The van der Waals surface area contributed by atoms with Crippen molar-refractivity contribution < 1.29 is 18.6 Å². The normalized spacial score (nSPS) is 17.2. The number of morpholine rings is 1. The third-order valence-electron chi connectivity index (χ3n) is 4.21. The first-order valence-electron chi connectivity index (χ1n) is 9.48. The molecular weight excluding hydrogens is 391 g/mol. The molecule has 1 aliphatic rings. The second kappa shape index (κ2) is 9.42. The van der Waals surface area contributed by atoms with Crippen LogP contribution in [0, 0.1) is 0 Å². The summed E-state index contributed by atoms with van der Waals surface area (Å²) >= 11 is 0. The van der Waals surface area contributed by atoms with E-state index >= 15 is 0 Å². The summed E-state index contributed by atoms with van der Waals surface area (Å²) < 4.78 is 28.9. The van der Waals surface area contributed by atoms with Crippen molar-refractivity contribution in [1.82, 2.24) is 25.3 Å². The topological polar surface area (TPSA) is 103 Å². The van der Waals surface area contributed by atoms with Gasteiger partial charge >= 0.3 is 6.01 Å². The number of ether oxygens (including phenoxy) is 3. The Morgan fingerprint density at radius 3 is 2.40 bits per heavy atom. The summed E-state index contributed by atoms with van der Waals surface area (Å²) in [5.41, 5.74) is 1.98. The first-order chi connectivity index (χ1) is 14.7. The number of nitrogens with one attached hydrogen (secondary N) is 2. The third-order valence-corrected chi connectivity index (χ3v) is 4.21. The maximum Gasteiger partial charge on any atom is 0.322 e. The number of hydrogen-bond acceptors (Lipinski definition) is 9. The van der Waals surface area contributed by atoms with Crippen molar-refractivity contribution >= 4 is 11.6 Å². The van der Waals surface area contributed by atoms with Crippen molar-refractivity contribution in [3.8, 4) is 17.5 Å². The molecule has 2 N–H and O–H groups in total. The van der Waals surface area contributed by atoms with Crippen molar-refractivity contribution in [1.29, 1.82) is 0 Å². The number of anilines is 2. The summed E-state index contributed by atoms with van der Waals surface area (Å²) in [6.45, 7) is 3.68. The summed E-state index contributed by atoms with van der Waals surface area (Å²) in [7, 11) is 0. The molecule has 1 unspecified atom stereocenters. The molecule has 1 fully saturated rings. The Morgan fingerprint density at radius 1 is 1.07 bits per heavy atom. The van der Waals surface area contributed by atoms with Crippen LogP contribution in [0.3, 0.4) is 0 Å². The Kier molecular flexibility index (Phi) is 6.26. The molecule has 0 saturated carbocycles. The molecule has 4 rings (SSSR count). The molecule has 2 atom stereocenters. The number of halogens is 1. The van der Waals surface area contributed by atoms with Crippen molar-refractivity contribution in [2.75, 3.05) is 25.0 Å². The first kappa shape index (κ1) is 19.9. The highest BCUT2D eigenvalue weighted by molar-refractivity contribution is 5.53. The zero-order chi connectivity index (χ0) is 20.8. The van der Waals surface area contributed by atoms with E-state index in [1.165, 1.54) is 31.7 Å². The van der Waals surface area contributed by atoms with Crippen molar-refractivity contribution in [3.63, 3.8) is 0 Å². The highest BCUT2D eigenvalue weighted by Gasteiger charge is 2.15. The van der Waals surface area contributed by atoms with E-state index < -0.39 is 6.36 Å². The first-order valence-corrected chi connectivity index (χ1v) is 9.48. The van der Waals surface area contributed by atoms with Crippen molar-refractivity contribution in [2.45, 2.75) is 19.4 Å². The van der Waals surface area contributed by atoms with Gasteiger partial charge in [-0.15, -0.1) is 0 Å². The molecular formula is C20H21FN6O3. The summed E-state index contributed by atoms with van der Waals surface area (Å²) in [5.74, 6) is 1.00. The van der Waals surface area contributed by atoms with E-state index in [0.717, 1.165) is 24.3 Å². The van der Waals surface area contributed by atoms with Gasteiger partial charge in [0.25, 0.3) is 0 Å². The van der Waals surface area contributed by atoms with Crippen LogP contribution in [0.5, 0.6) is 17.5 Å². The Hall–Kier alpha value is -3.37. The maximum atomic E-state index is 12.8. The summed E-state index contributed by atoms with van der Waals surface area (Å²) in [4.78, 5) is 16.4. The van der Waals surface area contributed by atoms with Gasteiger partial charge in [0.05, 0.1) is 37.5 Å². The van der Waals surface area contributed by atoms with Crippen LogP contribution in [0.1, 0.15) is 18.6 Å². The van der Waals surface area contributed by atoms with Gasteiger partial charge in [-0.2, -0.15) is 9.97 Å². The minimum atomic E-state index is -1.44. The molecule has 156 valence electrons. The molecule has 10 heteroatoms. The van der Waals surface area contributed by atoms with Gasteiger partial charge < -0.3 is 24.8 Å². The van der Waals surface area contributed by atoms with Crippen LogP contribution in [0.15, 0.2) is 49.1 Å². The number of hydrogen-bond donors (Lipinski definition) is 2. The van der Waals surface area contributed by atoms with Crippen LogP contribution in [-0.2, 0) is 4.74 Å². The lowest BCUT2D eigenvalue weighted by Crippen LogP contribution is -2.33.